The lowest BCUT2D eigenvalue weighted by atomic mass is 9.95. The fourth-order valence-corrected chi connectivity index (χ4v) is 5.38. The predicted molar refractivity (Wildman–Crippen MR) is 116 cm³/mol. The molecule has 1 amide bonds. The van der Waals surface area contributed by atoms with Crippen LogP contribution in [0.5, 0.6) is 0 Å². The molecule has 0 radical (unpaired) electrons. The van der Waals surface area contributed by atoms with Gasteiger partial charge >= 0.3 is 0 Å². The van der Waals surface area contributed by atoms with Crippen LogP contribution in [-0.2, 0) is 6.54 Å². The maximum Gasteiger partial charge on any atom is 0.271 e. The number of carbonyl (C=O) groups excluding carboxylic acids is 1. The van der Waals surface area contributed by atoms with Gasteiger partial charge in [-0.15, -0.1) is 11.3 Å². The number of hydrogen-bond donors (Lipinski definition) is 1. The molecule has 5 nitrogen and oxygen atoms in total. The van der Waals surface area contributed by atoms with Crippen molar-refractivity contribution in [2.45, 2.75) is 51.6 Å². The van der Waals surface area contributed by atoms with Crippen molar-refractivity contribution in [2.24, 2.45) is 0 Å². The third kappa shape index (κ3) is 3.78. The van der Waals surface area contributed by atoms with Crippen LogP contribution >= 0.6 is 27.3 Å². The number of aromatic nitrogens is 2. The smallest absolute Gasteiger partial charge is 0.271 e. The summed E-state index contributed by atoms with van der Waals surface area (Å²) in [6.45, 7) is 2.30. The molecule has 0 bridgehead atoms. The van der Waals surface area contributed by atoms with E-state index in [-0.39, 0.29) is 17.5 Å². The topological polar surface area (TPSA) is 64.0 Å². The third-order valence-corrected chi connectivity index (χ3v) is 6.91. The number of amides is 1. The van der Waals surface area contributed by atoms with Crippen molar-refractivity contribution in [1.29, 1.82) is 0 Å². The molecule has 1 saturated carbocycles. The van der Waals surface area contributed by atoms with Crippen LogP contribution in [0.4, 0.5) is 0 Å². The van der Waals surface area contributed by atoms with E-state index < -0.39 is 0 Å². The summed E-state index contributed by atoms with van der Waals surface area (Å²) in [5, 5.41) is 2.96. The second-order valence-electron chi connectivity index (χ2n) is 7.27. The normalized spacial score (nSPS) is 15.1. The standard InChI is InChI=1S/C21H22BrN3O2S/c1-13-17(20(26)23-11-14-6-5-7-15(22)10-14)18-19(28-13)21(27)25(12-24-18)16-8-3-2-4-9-16/h5-7,10,12,16H,2-4,8-9,11H2,1H3,(H,23,26). The van der Waals surface area contributed by atoms with Gasteiger partial charge in [0.05, 0.1) is 11.9 Å². The Balaban J connectivity index is 1.62. The highest BCUT2D eigenvalue weighted by molar-refractivity contribution is 9.10. The first kappa shape index (κ1) is 19.3. The number of nitrogens with zero attached hydrogens (tertiary/aromatic N) is 2. The highest BCUT2D eigenvalue weighted by atomic mass is 79.9. The molecule has 1 N–H and O–H groups in total. The molecule has 3 aromatic rings. The summed E-state index contributed by atoms with van der Waals surface area (Å²) in [4.78, 5) is 31.2. The SMILES string of the molecule is Cc1sc2c(=O)n(C3CCCCC3)cnc2c1C(=O)NCc1cccc(Br)c1. The molecule has 2 aromatic heterocycles. The molecule has 1 aromatic carbocycles. The lowest BCUT2D eigenvalue weighted by molar-refractivity contribution is 0.0952. The predicted octanol–water partition coefficient (Wildman–Crippen LogP) is 4.96. The van der Waals surface area contributed by atoms with Crippen LogP contribution in [0.3, 0.4) is 0 Å². The highest BCUT2D eigenvalue weighted by Crippen LogP contribution is 2.30. The van der Waals surface area contributed by atoms with Crippen LogP contribution in [0.25, 0.3) is 10.2 Å². The fraction of sp³-hybridized carbons (Fsp3) is 0.381. The Bertz CT molecular complexity index is 1080. The van der Waals surface area contributed by atoms with Gasteiger partial charge in [-0.2, -0.15) is 0 Å². The largest absolute Gasteiger partial charge is 0.348 e. The molecule has 2 heterocycles. The van der Waals surface area contributed by atoms with Gasteiger partial charge in [-0.3, -0.25) is 14.2 Å². The number of carbonyl (C=O) groups is 1. The first-order valence-corrected chi connectivity index (χ1v) is 11.2. The van der Waals surface area contributed by atoms with E-state index >= 15 is 0 Å². The average Bonchev–Trinajstić information content (AvgIpc) is 3.04. The average molecular weight is 460 g/mol. The Kier molecular flexibility index (Phi) is 5.64. The van der Waals surface area contributed by atoms with Gasteiger partial charge in [0.2, 0.25) is 0 Å². The second-order valence-corrected chi connectivity index (χ2v) is 9.41. The van der Waals surface area contributed by atoms with Crippen LogP contribution in [0.2, 0.25) is 0 Å². The van der Waals surface area contributed by atoms with Gasteiger partial charge in [-0.05, 0) is 37.5 Å². The van der Waals surface area contributed by atoms with E-state index in [4.69, 9.17) is 0 Å². The Labute approximate surface area is 175 Å². The highest BCUT2D eigenvalue weighted by Gasteiger charge is 2.23. The third-order valence-electron chi connectivity index (χ3n) is 5.34. The van der Waals surface area contributed by atoms with Crippen molar-refractivity contribution >= 4 is 43.4 Å². The molecular formula is C21H22BrN3O2S. The van der Waals surface area contributed by atoms with Crippen molar-refractivity contribution in [2.75, 3.05) is 0 Å². The Morgan fingerprint density at radius 2 is 2.11 bits per heavy atom. The summed E-state index contributed by atoms with van der Waals surface area (Å²) in [6, 6.07) is 8.05. The zero-order valence-corrected chi connectivity index (χ0v) is 18.1. The molecule has 1 fully saturated rings. The number of fused-ring (bicyclic) bond motifs is 1. The number of rotatable bonds is 4. The van der Waals surface area contributed by atoms with Crippen molar-refractivity contribution in [1.82, 2.24) is 14.9 Å². The van der Waals surface area contributed by atoms with Gasteiger partial charge in [0, 0.05) is 21.9 Å². The monoisotopic (exact) mass is 459 g/mol. The van der Waals surface area contributed by atoms with Crippen molar-refractivity contribution < 1.29 is 4.79 Å². The number of aryl methyl sites for hydroxylation is 1. The van der Waals surface area contributed by atoms with E-state index in [0.29, 0.717) is 22.3 Å². The van der Waals surface area contributed by atoms with Gasteiger partial charge in [-0.1, -0.05) is 47.3 Å². The molecule has 1 aliphatic carbocycles. The minimum Gasteiger partial charge on any atom is -0.348 e. The molecule has 0 unspecified atom stereocenters. The molecule has 4 rings (SSSR count). The molecule has 0 spiro atoms. The van der Waals surface area contributed by atoms with Crippen LogP contribution in [0.15, 0.2) is 39.9 Å². The number of halogens is 1. The molecule has 0 atom stereocenters. The fourth-order valence-electron chi connectivity index (χ4n) is 3.89. The minimum atomic E-state index is -0.189. The summed E-state index contributed by atoms with van der Waals surface area (Å²) < 4.78 is 3.33. The lowest BCUT2D eigenvalue weighted by Gasteiger charge is -2.23. The zero-order valence-electron chi connectivity index (χ0n) is 15.7. The van der Waals surface area contributed by atoms with E-state index in [1.54, 1.807) is 10.9 Å². The van der Waals surface area contributed by atoms with Gasteiger partial charge in [-0.25, -0.2) is 4.98 Å². The number of benzene rings is 1. The summed E-state index contributed by atoms with van der Waals surface area (Å²) in [6.07, 6.45) is 7.23. The first-order chi connectivity index (χ1) is 13.5. The summed E-state index contributed by atoms with van der Waals surface area (Å²) in [5.41, 5.74) is 2.03. The summed E-state index contributed by atoms with van der Waals surface area (Å²) >= 11 is 4.81. The van der Waals surface area contributed by atoms with E-state index in [1.807, 2.05) is 31.2 Å². The van der Waals surface area contributed by atoms with Gasteiger partial charge < -0.3 is 5.32 Å². The first-order valence-electron chi connectivity index (χ1n) is 9.57. The van der Waals surface area contributed by atoms with E-state index in [0.717, 1.165) is 40.6 Å². The Morgan fingerprint density at radius 3 is 2.86 bits per heavy atom. The summed E-state index contributed by atoms with van der Waals surface area (Å²) in [7, 11) is 0. The molecule has 1 aliphatic rings. The van der Waals surface area contributed by atoms with Crippen LogP contribution in [0.1, 0.15) is 58.9 Å². The molecule has 0 aliphatic heterocycles. The van der Waals surface area contributed by atoms with E-state index in [9.17, 15) is 9.59 Å². The van der Waals surface area contributed by atoms with Crippen molar-refractivity contribution in [3.05, 3.63) is 61.4 Å². The van der Waals surface area contributed by atoms with Crippen LogP contribution in [-0.4, -0.2) is 15.5 Å². The van der Waals surface area contributed by atoms with Crippen LogP contribution in [0, 0.1) is 6.92 Å². The van der Waals surface area contributed by atoms with Crippen molar-refractivity contribution in [3.63, 3.8) is 0 Å². The zero-order chi connectivity index (χ0) is 19.7. The van der Waals surface area contributed by atoms with Gasteiger partial charge in [0.25, 0.3) is 11.5 Å². The maximum atomic E-state index is 13.0. The Morgan fingerprint density at radius 1 is 1.32 bits per heavy atom. The number of hydrogen-bond acceptors (Lipinski definition) is 4. The van der Waals surface area contributed by atoms with Gasteiger partial charge in [0.15, 0.2) is 0 Å². The van der Waals surface area contributed by atoms with Crippen molar-refractivity contribution in [3.8, 4) is 0 Å². The molecular weight excluding hydrogens is 438 g/mol. The van der Waals surface area contributed by atoms with E-state index in [1.165, 1.54) is 17.8 Å². The maximum absolute atomic E-state index is 13.0. The molecule has 146 valence electrons. The molecule has 7 heteroatoms. The summed E-state index contributed by atoms with van der Waals surface area (Å²) in [5.74, 6) is -0.189. The number of thiophene rings is 1. The molecule has 28 heavy (non-hydrogen) atoms. The van der Waals surface area contributed by atoms with Crippen LogP contribution < -0.4 is 10.9 Å². The minimum absolute atomic E-state index is 0.0176. The Hall–Kier alpha value is -1.99. The lowest BCUT2D eigenvalue weighted by Crippen LogP contribution is -2.27. The second kappa shape index (κ2) is 8.17. The number of nitrogens with one attached hydrogen (secondary N) is 1. The van der Waals surface area contributed by atoms with Gasteiger partial charge in [0.1, 0.15) is 10.2 Å². The van der Waals surface area contributed by atoms with E-state index in [2.05, 4.69) is 26.2 Å². The molecule has 0 saturated heterocycles. The quantitative estimate of drug-likeness (QED) is 0.599.